The van der Waals surface area contributed by atoms with Crippen LogP contribution < -0.4 is 5.32 Å². The second-order valence-electron chi connectivity index (χ2n) is 4.38. The third-order valence-electron chi connectivity index (χ3n) is 3.02. The Labute approximate surface area is 107 Å². The smallest absolute Gasteiger partial charge is 0.196 e. The number of aromatic nitrogens is 4. The van der Waals surface area contributed by atoms with Crippen molar-refractivity contribution in [2.24, 2.45) is 7.05 Å². The lowest BCUT2D eigenvalue weighted by Gasteiger charge is -2.14. The highest BCUT2D eigenvalue weighted by molar-refractivity contribution is 5.44. The molecule has 0 bridgehead atoms. The topological polar surface area (TPSA) is 55.6 Å². The van der Waals surface area contributed by atoms with Gasteiger partial charge in [-0.2, -0.15) is 0 Å². The van der Waals surface area contributed by atoms with Crippen LogP contribution in [-0.2, 0) is 7.05 Å². The number of hydrogen-bond donors (Lipinski definition) is 1. The predicted molar refractivity (Wildman–Crippen MR) is 71.1 cm³/mol. The van der Waals surface area contributed by atoms with Gasteiger partial charge in [0.2, 0.25) is 0 Å². The molecule has 0 spiro atoms. The summed E-state index contributed by atoms with van der Waals surface area (Å²) in [6.45, 7) is 7.16. The molecule has 2 heterocycles. The average Bonchev–Trinajstić information content (AvgIpc) is 2.75. The number of rotatable bonds is 4. The summed E-state index contributed by atoms with van der Waals surface area (Å²) in [5, 5.41) is 3.37. The molecule has 2 rings (SSSR count). The highest BCUT2D eigenvalue weighted by atomic mass is 15.1. The van der Waals surface area contributed by atoms with Crippen LogP contribution in [-0.4, -0.2) is 26.1 Å². The van der Waals surface area contributed by atoms with Gasteiger partial charge in [0.1, 0.15) is 0 Å². The molecule has 5 heteroatoms. The molecule has 0 amide bonds. The maximum Gasteiger partial charge on any atom is 0.196 e. The maximum atomic E-state index is 4.55. The summed E-state index contributed by atoms with van der Waals surface area (Å²) >= 11 is 0. The molecule has 0 aliphatic heterocycles. The van der Waals surface area contributed by atoms with Crippen LogP contribution in [0.4, 0.5) is 0 Å². The molecule has 2 aromatic rings. The normalized spacial score (nSPS) is 12.7. The average molecular weight is 245 g/mol. The highest BCUT2D eigenvalue weighted by Crippen LogP contribution is 2.18. The molecule has 1 unspecified atom stereocenters. The van der Waals surface area contributed by atoms with Crippen molar-refractivity contribution in [3.05, 3.63) is 29.8 Å². The van der Waals surface area contributed by atoms with Crippen molar-refractivity contribution in [2.75, 3.05) is 6.54 Å². The van der Waals surface area contributed by atoms with Gasteiger partial charge < -0.3 is 9.88 Å². The predicted octanol–water partition coefficient (Wildman–Crippen LogP) is 1.86. The summed E-state index contributed by atoms with van der Waals surface area (Å²) in [5.41, 5.74) is 2.13. The summed E-state index contributed by atoms with van der Waals surface area (Å²) in [4.78, 5) is 13.2. The van der Waals surface area contributed by atoms with Gasteiger partial charge in [0.25, 0.3) is 0 Å². The molecule has 96 valence electrons. The van der Waals surface area contributed by atoms with Crippen molar-refractivity contribution in [3.8, 4) is 11.6 Å². The first-order valence-electron chi connectivity index (χ1n) is 6.18. The molecule has 0 aromatic carbocycles. The van der Waals surface area contributed by atoms with Gasteiger partial charge in [-0.1, -0.05) is 6.92 Å². The van der Waals surface area contributed by atoms with Crippen LogP contribution in [0.25, 0.3) is 11.6 Å². The summed E-state index contributed by atoms with van der Waals surface area (Å²) < 4.78 is 1.92. The minimum absolute atomic E-state index is 0.269. The zero-order chi connectivity index (χ0) is 13.1. The summed E-state index contributed by atoms with van der Waals surface area (Å²) in [7, 11) is 1.94. The van der Waals surface area contributed by atoms with E-state index in [9.17, 15) is 0 Å². The van der Waals surface area contributed by atoms with E-state index in [-0.39, 0.29) is 6.04 Å². The molecule has 0 radical (unpaired) electrons. The van der Waals surface area contributed by atoms with Crippen LogP contribution >= 0.6 is 0 Å². The molecule has 0 aliphatic carbocycles. The maximum absolute atomic E-state index is 4.55. The zero-order valence-electron chi connectivity index (χ0n) is 11.3. The highest BCUT2D eigenvalue weighted by Gasteiger charge is 2.12. The molecular weight excluding hydrogens is 226 g/mol. The monoisotopic (exact) mass is 245 g/mol. The van der Waals surface area contributed by atoms with Gasteiger partial charge in [0, 0.05) is 42.9 Å². The Balaban J connectivity index is 2.33. The van der Waals surface area contributed by atoms with Gasteiger partial charge in [0.05, 0.1) is 0 Å². The molecule has 18 heavy (non-hydrogen) atoms. The third kappa shape index (κ3) is 2.41. The fourth-order valence-electron chi connectivity index (χ4n) is 2.01. The van der Waals surface area contributed by atoms with E-state index in [1.165, 1.54) is 0 Å². The zero-order valence-corrected chi connectivity index (χ0v) is 11.3. The Hall–Kier alpha value is -1.75. The van der Waals surface area contributed by atoms with Gasteiger partial charge >= 0.3 is 0 Å². The Kier molecular flexibility index (Phi) is 3.72. The van der Waals surface area contributed by atoms with Gasteiger partial charge in [-0.3, -0.25) is 0 Å². The van der Waals surface area contributed by atoms with Crippen LogP contribution in [0.1, 0.15) is 31.1 Å². The summed E-state index contributed by atoms with van der Waals surface area (Å²) in [6.07, 6.45) is 5.53. The molecule has 0 saturated heterocycles. The first kappa shape index (κ1) is 12.7. The molecule has 1 atom stereocenters. The molecule has 0 saturated carbocycles. The van der Waals surface area contributed by atoms with E-state index < -0.39 is 0 Å². The Morgan fingerprint density at radius 3 is 2.72 bits per heavy atom. The number of aryl methyl sites for hydroxylation is 2. The third-order valence-corrected chi connectivity index (χ3v) is 3.02. The Morgan fingerprint density at radius 1 is 1.39 bits per heavy atom. The van der Waals surface area contributed by atoms with Crippen molar-refractivity contribution in [3.63, 3.8) is 0 Å². The summed E-state index contributed by atoms with van der Waals surface area (Å²) in [6, 6.07) is 0.269. The number of nitrogens with one attached hydrogen (secondary N) is 1. The van der Waals surface area contributed by atoms with Crippen molar-refractivity contribution in [1.82, 2.24) is 24.8 Å². The van der Waals surface area contributed by atoms with E-state index in [2.05, 4.69) is 34.1 Å². The Morgan fingerprint density at radius 2 is 2.17 bits per heavy atom. The lowest BCUT2D eigenvalue weighted by atomic mass is 10.1. The number of nitrogens with zero attached hydrogens (tertiary/aromatic N) is 4. The second-order valence-corrected chi connectivity index (χ2v) is 4.38. The van der Waals surface area contributed by atoms with E-state index in [4.69, 9.17) is 0 Å². The second kappa shape index (κ2) is 5.27. The molecule has 0 aliphatic rings. The van der Waals surface area contributed by atoms with Crippen molar-refractivity contribution in [1.29, 1.82) is 0 Å². The fraction of sp³-hybridized carbons (Fsp3) is 0.462. The first-order valence-corrected chi connectivity index (χ1v) is 6.18. The van der Waals surface area contributed by atoms with Crippen molar-refractivity contribution >= 4 is 0 Å². The van der Waals surface area contributed by atoms with E-state index in [1.54, 1.807) is 6.20 Å². The molecule has 2 aromatic heterocycles. The number of hydrogen-bond acceptors (Lipinski definition) is 4. The van der Waals surface area contributed by atoms with Crippen LogP contribution in [0.2, 0.25) is 0 Å². The largest absolute Gasteiger partial charge is 0.331 e. The van der Waals surface area contributed by atoms with Crippen molar-refractivity contribution in [2.45, 2.75) is 26.8 Å². The van der Waals surface area contributed by atoms with E-state index in [0.717, 1.165) is 23.6 Å². The van der Waals surface area contributed by atoms with E-state index in [1.807, 2.05) is 30.9 Å². The van der Waals surface area contributed by atoms with E-state index in [0.29, 0.717) is 5.82 Å². The van der Waals surface area contributed by atoms with Gasteiger partial charge in [0.15, 0.2) is 11.6 Å². The molecule has 0 fully saturated rings. The van der Waals surface area contributed by atoms with Gasteiger partial charge in [-0.25, -0.2) is 15.0 Å². The van der Waals surface area contributed by atoms with Gasteiger partial charge in [-0.05, 0) is 20.4 Å². The van der Waals surface area contributed by atoms with Crippen LogP contribution in [0.15, 0.2) is 18.6 Å². The van der Waals surface area contributed by atoms with Gasteiger partial charge in [-0.15, -0.1) is 0 Å². The fourth-order valence-corrected chi connectivity index (χ4v) is 2.01. The van der Waals surface area contributed by atoms with E-state index >= 15 is 0 Å². The lowest BCUT2D eigenvalue weighted by Crippen LogP contribution is -2.19. The van der Waals surface area contributed by atoms with Crippen molar-refractivity contribution < 1.29 is 0 Å². The molecule has 5 nitrogen and oxygen atoms in total. The molecular formula is C13H19N5. The Bertz CT molecular complexity index is 532. The van der Waals surface area contributed by atoms with Crippen LogP contribution in [0, 0.1) is 6.92 Å². The SMILES string of the molecule is CCNC(C)c1cnc(-c2nccn2C)nc1C. The summed E-state index contributed by atoms with van der Waals surface area (Å²) in [5.74, 6) is 1.47. The lowest BCUT2D eigenvalue weighted by molar-refractivity contribution is 0.590. The first-order chi connectivity index (χ1) is 8.63. The molecule has 1 N–H and O–H groups in total. The minimum Gasteiger partial charge on any atom is -0.331 e. The number of imidazole rings is 1. The van der Waals surface area contributed by atoms with Crippen LogP contribution in [0.3, 0.4) is 0 Å². The standard InChI is InChI=1S/C13H19N5/c1-5-14-9(2)11-8-16-12(17-10(11)3)13-15-6-7-18(13)4/h6-9,14H,5H2,1-4H3. The van der Waals surface area contributed by atoms with Crippen LogP contribution in [0.5, 0.6) is 0 Å². The quantitative estimate of drug-likeness (QED) is 0.893. The minimum atomic E-state index is 0.269.